The second kappa shape index (κ2) is 8.93. The Morgan fingerprint density at radius 1 is 0.941 bits per heavy atom. The topological polar surface area (TPSA) is 32.3 Å². The summed E-state index contributed by atoms with van der Waals surface area (Å²) in [6, 6.07) is 0. The van der Waals surface area contributed by atoms with Crippen molar-refractivity contribution < 1.29 is 5.11 Å². The summed E-state index contributed by atoms with van der Waals surface area (Å²) < 4.78 is 0. The van der Waals surface area contributed by atoms with Crippen LogP contribution in [0.1, 0.15) is 77.6 Å². The third-order valence-electron chi connectivity index (χ3n) is 3.95. The van der Waals surface area contributed by atoms with Crippen molar-refractivity contribution in [2.24, 2.45) is 0 Å². The molecular formula is C15H31NO. The van der Waals surface area contributed by atoms with E-state index in [1.54, 1.807) is 0 Å². The average molecular weight is 241 g/mol. The van der Waals surface area contributed by atoms with E-state index >= 15 is 0 Å². The van der Waals surface area contributed by atoms with Gasteiger partial charge in [0, 0.05) is 6.54 Å². The number of rotatable bonds is 8. The van der Waals surface area contributed by atoms with Gasteiger partial charge in [-0.25, -0.2) is 0 Å². The van der Waals surface area contributed by atoms with Crippen molar-refractivity contribution in [3.8, 4) is 0 Å². The summed E-state index contributed by atoms with van der Waals surface area (Å²) in [4.78, 5) is 0. The Hall–Kier alpha value is -0.0800. The standard InChI is InChI=1S/C15H31NO/c1-2-3-4-7-10-13-16-14-15(17)11-8-5-6-9-12-15/h16-17H,2-14H2,1H3. The summed E-state index contributed by atoms with van der Waals surface area (Å²) >= 11 is 0. The summed E-state index contributed by atoms with van der Waals surface area (Å²) in [5.74, 6) is 0. The fourth-order valence-electron chi connectivity index (χ4n) is 2.74. The maximum absolute atomic E-state index is 10.4. The minimum Gasteiger partial charge on any atom is -0.389 e. The molecule has 0 unspecified atom stereocenters. The highest BCUT2D eigenvalue weighted by Gasteiger charge is 2.26. The van der Waals surface area contributed by atoms with Gasteiger partial charge in [-0.05, 0) is 25.8 Å². The van der Waals surface area contributed by atoms with Crippen LogP contribution in [0.15, 0.2) is 0 Å². The van der Waals surface area contributed by atoms with Gasteiger partial charge in [0.25, 0.3) is 0 Å². The van der Waals surface area contributed by atoms with Gasteiger partial charge in [-0.2, -0.15) is 0 Å². The van der Waals surface area contributed by atoms with Gasteiger partial charge in [-0.1, -0.05) is 58.3 Å². The van der Waals surface area contributed by atoms with Gasteiger partial charge >= 0.3 is 0 Å². The molecule has 0 aliphatic heterocycles. The molecule has 2 heteroatoms. The molecule has 1 saturated carbocycles. The zero-order chi connectivity index (χ0) is 12.4. The van der Waals surface area contributed by atoms with Gasteiger partial charge in [0.1, 0.15) is 0 Å². The lowest BCUT2D eigenvalue weighted by molar-refractivity contribution is 0.0254. The Labute approximate surface area is 107 Å². The average Bonchev–Trinajstić information content (AvgIpc) is 2.53. The van der Waals surface area contributed by atoms with Crippen LogP contribution in [0.2, 0.25) is 0 Å². The van der Waals surface area contributed by atoms with Crippen LogP contribution in [0.3, 0.4) is 0 Å². The lowest BCUT2D eigenvalue weighted by Crippen LogP contribution is -2.40. The van der Waals surface area contributed by atoms with Gasteiger partial charge in [0.05, 0.1) is 5.60 Å². The first-order valence-electron chi connectivity index (χ1n) is 7.70. The Morgan fingerprint density at radius 3 is 2.24 bits per heavy atom. The molecule has 0 aromatic carbocycles. The van der Waals surface area contributed by atoms with Crippen molar-refractivity contribution >= 4 is 0 Å². The monoisotopic (exact) mass is 241 g/mol. The Balaban J connectivity index is 2.00. The summed E-state index contributed by atoms with van der Waals surface area (Å²) in [5, 5.41) is 13.9. The highest BCUT2D eigenvalue weighted by Crippen LogP contribution is 2.26. The highest BCUT2D eigenvalue weighted by molar-refractivity contribution is 4.83. The van der Waals surface area contributed by atoms with Gasteiger partial charge < -0.3 is 10.4 Å². The van der Waals surface area contributed by atoms with E-state index in [1.165, 1.54) is 57.8 Å². The highest BCUT2D eigenvalue weighted by atomic mass is 16.3. The third kappa shape index (κ3) is 7.05. The van der Waals surface area contributed by atoms with Crippen LogP contribution < -0.4 is 5.32 Å². The zero-order valence-corrected chi connectivity index (χ0v) is 11.6. The van der Waals surface area contributed by atoms with E-state index in [-0.39, 0.29) is 0 Å². The number of hydrogen-bond acceptors (Lipinski definition) is 2. The number of hydrogen-bond donors (Lipinski definition) is 2. The molecule has 0 radical (unpaired) electrons. The minimum atomic E-state index is -0.403. The minimum absolute atomic E-state index is 0.403. The van der Waals surface area contributed by atoms with Crippen molar-refractivity contribution in [1.82, 2.24) is 5.32 Å². The van der Waals surface area contributed by atoms with Crippen molar-refractivity contribution in [3.63, 3.8) is 0 Å². The first kappa shape index (κ1) is 15.0. The van der Waals surface area contributed by atoms with Gasteiger partial charge in [-0.15, -0.1) is 0 Å². The lowest BCUT2D eigenvalue weighted by Gasteiger charge is -2.27. The molecule has 0 amide bonds. The van der Waals surface area contributed by atoms with E-state index in [0.717, 1.165) is 25.9 Å². The van der Waals surface area contributed by atoms with Gasteiger partial charge in [-0.3, -0.25) is 0 Å². The Morgan fingerprint density at radius 2 is 1.59 bits per heavy atom. The van der Waals surface area contributed by atoms with Crippen LogP contribution in [-0.4, -0.2) is 23.8 Å². The fourth-order valence-corrected chi connectivity index (χ4v) is 2.74. The van der Waals surface area contributed by atoms with E-state index < -0.39 is 5.60 Å². The van der Waals surface area contributed by atoms with Crippen LogP contribution in [0.5, 0.6) is 0 Å². The summed E-state index contributed by atoms with van der Waals surface area (Å²) in [7, 11) is 0. The van der Waals surface area contributed by atoms with Gasteiger partial charge in [0.15, 0.2) is 0 Å². The molecule has 102 valence electrons. The second-order valence-corrected chi connectivity index (χ2v) is 5.73. The Kier molecular flexibility index (Phi) is 7.87. The zero-order valence-electron chi connectivity index (χ0n) is 11.6. The maximum atomic E-state index is 10.4. The summed E-state index contributed by atoms with van der Waals surface area (Å²) in [6.45, 7) is 4.13. The summed E-state index contributed by atoms with van der Waals surface area (Å²) in [5.41, 5.74) is -0.403. The molecule has 1 aliphatic carbocycles. The van der Waals surface area contributed by atoms with Crippen molar-refractivity contribution in [1.29, 1.82) is 0 Å². The lowest BCUT2D eigenvalue weighted by atomic mass is 9.94. The normalized spacial score (nSPS) is 20.1. The molecular weight excluding hydrogens is 210 g/mol. The molecule has 1 fully saturated rings. The smallest absolute Gasteiger partial charge is 0.0771 e. The molecule has 0 heterocycles. The molecule has 0 spiro atoms. The van der Waals surface area contributed by atoms with Crippen LogP contribution in [-0.2, 0) is 0 Å². The van der Waals surface area contributed by atoms with Crippen LogP contribution in [0, 0.1) is 0 Å². The molecule has 2 N–H and O–H groups in total. The largest absolute Gasteiger partial charge is 0.389 e. The SMILES string of the molecule is CCCCCCCNCC1(O)CCCCCC1. The number of nitrogens with one attached hydrogen (secondary N) is 1. The Bertz CT molecular complexity index is 174. The van der Waals surface area contributed by atoms with Crippen LogP contribution in [0.4, 0.5) is 0 Å². The third-order valence-corrected chi connectivity index (χ3v) is 3.95. The molecule has 0 aromatic rings. The molecule has 17 heavy (non-hydrogen) atoms. The quantitative estimate of drug-likeness (QED) is 0.502. The number of aliphatic hydroxyl groups is 1. The fraction of sp³-hybridized carbons (Fsp3) is 1.00. The molecule has 0 aromatic heterocycles. The maximum Gasteiger partial charge on any atom is 0.0771 e. The molecule has 2 nitrogen and oxygen atoms in total. The second-order valence-electron chi connectivity index (χ2n) is 5.73. The predicted molar refractivity (Wildman–Crippen MR) is 74.3 cm³/mol. The van der Waals surface area contributed by atoms with E-state index in [0.29, 0.717) is 0 Å². The molecule has 0 saturated heterocycles. The van der Waals surface area contributed by atoms with Gasteiger partial charge in [0.2, 0.25) is 0 Å². The summed E-state index contributed by atoms with van der Waals surface area (Å²) in [6.07, 6.45) is 13.6. The first-order valence-corrected chi connectivity index (χ1v) is 7.70. The molecule has 0 bridgehead atoms. The molecule has 0 atom stereocenters. The van der Waals surface area contributed by atoms with E-state index in [4.69, 9.17) is 0 Å². The van der Waals surface area contributed by atoms with E-state index in [2.05, 4.69) is 12.2 Å². The first-order chi connectivity index (χ1) is 8.27. The molecule has 1 aliphatic rings. The van der Waals surface area contributed by atoms with Crippen LogP contribution >= 0.6 is 0 Å². The van der Waals surface area contributed by atoms with Crippen molar-refractivity contribution in [2.75, 3.05) is 13.1 Å². The molecule has 1 rings (SSSR count). The van der Waals surface area contributed by atoms with Crippen molar-refractivity contribution in [3.05, 3.63) is 0 Å². The van der Waals surface area contributed by atoms with Crippen molar-refractivity contribution in [2.45, 2.75) is 83.2 Å². The van der Waals surface area contributed by atoms with E-state index in [9.17, 15) is 5.11 Å². The van der Waals surface area contributed by atoms with E-state index in [1.807, 2.05) is 0 Å². The number of unbranched alkanes of at least 4 members (excludes halogenated alkanes) is 4. The predicted octanol–water partition coefficient (Wildman–Crippen LogP) is 3.63. The van der Waals surface area contributed by atoms with Crippen LogP contribution in [0.25, 0.3) is 0 Å².